The molecule has 1 amide bonds. The first-order valence-electron chi connectivity index (χ1n) is 9.09. The minimum atomic E-state index is -1.05. The molecule has 7 heteroatoms. The monoisotopic (exact) mass is 393 g/mol. The van der Waals surface area contributed by atoms with Crippen LogP contribution in [0.2, 0.25) is 0 Å². The Labute approximate surface area is 161 Å². The Morgan fingerprint density at radius 3 is 2.54 bits per heavy atom. The van der Waals surface area contributed by atoms with Gasteiger partial charge in [-0.25, -0.2) is 13.2 Å². The van der Waals surface area contributed by atoms with Gasteiger partial charge in [0.25, 0.3) is 0 Å². The first-order valence-corrected chi connectivity index (χ1v) is 9.09. The van der Waals surface area contributed by atoms with Crippen molar-refractivity contribution in [2.75, 3.05) is 19.7 Å². The van der Waals surface area contributed by atoms with Crippen molar-refractivity contribution in [3.8, 4) is 0 Å². The van der Waals surface area contributed by atoms with Gasteiger partial charge in [-0.1, -0.05) is 24.3 Å². The number of benzene rings is 2. The van der Waals surface area contributed by atoms with Crippen LogP contribution >= 0.6 is 0 Å². The number of hydrogen-bond acceptors (Lipinski definition) is 3. The summed E-state index contributed by atoms with van der Waals surface area (Å²) in [5, 5.41) is 20.5. The molecule has 0 spiro atoms. The van der Waals surface area contributed by atoms with Crippen LogP contribution < -0.4 is 0 Å². The van der Waals surface area contributed by atoms with E-state index < -0.39 is 29.1 Å². The maximum Gasteiger partial charge on any atom is 0.227 e. The Hall–Kier alpha value is -2.38. The third kappa shape index (κ3) is 4.20. The lowest BCUT2D eigenvalue weighted by Gasteiger charge is -2.45. The summed E-state index contributed by atoms with van der Waals surface area (Å²) in [5.74, 6) is -2.86. The number of hydrogen-bond donors (Lipinski definition) is 2. The highest BCUT2D eigenvalue weighted by atomic mass is 19.2. The van der Waals surface area contributed by atoms with E-state index in [-0.39, 0.29) is 50.3 Å². The first kappa shape index (κ1) is 20.4. The van der Waals surface area contributed by atoms with Gasteiger partial charge in [0.2, 0.25) is 5.91 Å². The van der Waals surface area contributed by atoms with Crippen LogP contribution in [0.1, 0.15) is 17.5 Å². The van der Waals surface area contributed by atoms with E-state index in [9.17, 15) is 28.2 Å². The number of amides is 1. The second kappa shape index (κ2) is 8.32. The predicted octanol–water partition coefficient (Wildman–Crippen LogP) is 2.46. The summed E-state index contributed by atoms with van der Waals surface area (Å²) in [6.45, 7) is -0.0520. The van der Waals surface area contributed by atoms with E-state index in [4.69, 9.17) is 0 Å². The van der Waals surface area contributed by atoms with E-state index in [1.807, 2.05) is 0 Å². The summed E-state index contributed by atoms with van der Waals surface area (Å²) < 4.78 is 40.4. The molecule has 4 nitrogen and oxygen atoms in total. The smallest absolute Gasteiger partial charge is 0.227 e. The summed E-state index contributed by atoms with van der Waals surface area (Å²) in [5.41, 5.74) is -0.323. The van der Waals surface area contributed by atoms with Crippen molar-refractivity contribution in [2.24, 2.45) is 5.41 Å². The minimum Gasteiger partial charge on any atom is -0.396 e. The molecule has 1 aliphatic heterocycles. The third-order valence-corrected chi connectivity index (χ3v) is 5.40. The fourth-order valence-corrected chi connectivity index (χ4v) is 3.72. The van der Waals surface area contributed by atoms with E-state index in [0.717, 1.165) is 11.6 Å². The van der Waals surface area contributed by atoms with Gasteiger partial charge in [0.05, 0.1) is 19.1 Å². The van der Waals surface area contributed by atoms with Gasteiger partial charge in [-0.3, -0.25) is 4.79 Å². The van der Waals surface area contributed by atoms with Gasteiger partial charge in [0.15, 0.2) is 11.6 Å². The zero-order chi connectivity index (χ0) is 20.3. The first-order chi connectivity index (χ1) is 13.3. The zero-order valence-corrected chi connectivity index (χ0v) is 15.2. The summed E-state index contributed by atoms with van der Waals surface area (Å²) in [6, 6.07) is 9.42. The molecule has 0 aliphatic carbocycles. The average molecular weight is 393 g/mol. The van der Waals surface area contributed by atoms with Crippen molar-refractivity contribution in [3.05, 3.63) is 71.0 Å². The van der Waals surface area contributed by atoms with Crippen LogP contribution in [0.15, 0.2) is 42.5 Å². The van der Waals surface area contributed by atoms with Gasteiger partial charge in [-0.15, -0.1) is 0 Å². The number of halogens is 3. The maximum absolute atomic E-state index is 13.9. The molecule has 28 heavy (non-hydrogen) atoms. The lowest BCUT2D eigenvalue weighted by atomic mass is 9.73. The fourth-order valence-electron chi connectivity index (χ4n) is 3.72. The summed E-state index contributed by atoms with van der Waals surface area (Å²) >= 11 is 0. The summed E-state index contributed by atoms with van der Waals surface area (Å²) in [4.78, 5) is 14.1. The van der Waals surface area contributed by atoms with Crippen LogP contribution in [-0.2, 0) is 17.6 Å². The number of carbonyl (C=O) groups excluding carboxylic acids is 1. The number of piperidine rings is 1. The Bertz CT molecular complexity index is 843. The molecule has 0 saturated carbocycles. The number of carbonyl (C=O) groups is 1. The van der Waals surface area contributed by atoms with E-state index in [2.05, 4.69) is 0 Å². The molecular formula is C21H22F3NO3. The van der Waals surface area contributed by atoms with Crippen LogP contribution in [0.5, 0.6) is 0 Å². The molecule has 0 unspecified atom stereocenters. The number of aliphatic hydroxyl groups excluding tert-OH is 2. The lowest BCUT2D eigenvalue weighted by Crippen LogP contribution is -2.56. The topological polar surface area (TPSA) is 60.8 Å². The third-order valence-electron chi connectivity index (χ3n) is 5.40. The highest BCUT2D eigenvalue weighted by Crippen LogP contribution is 2.34. The van der Waals surface area contributed by atoms with Crippen molar-refractivity contribution < 1.29 is 28.2 Å². The Morgan fingerprint density at radius 1 is 1.14 bits per heavy atom. The molecule has 2 N–H and O–H groups in total. The van der Waals surface area contributed by atoms with Gasteiger partial charge in [0.1, 0.15) is 5.82 Å². The van der Waals surface area contributed by atoms with Gasteiger partial charge in [-0.05, 0) is 36.6 Å². The molecule has 1 saturated heterocycles. The summed E-state index contributed by atoms with van der Waals surface area (Å²) in [6.07, 6.45) is -0.655. The van der Waals surface area contributed by atoms with Gasteiger partial charge >= 0.3 is 0 Å². The number of rotatable bonds is 5. The number of likely N-dealkylation sites (tertiary alicyclic amines) is 1. The molecule has 3 rings (SSSR count). The second-order valence-electron chi connectivity index (χ2n) is 7.33. The zero-order valence-electron chi connectivity index (χ0n) is 15.2. The van der Waals surface area contributed by atoms with Gasteiger partial charge in [-0.2, -0.15) is 0 Å². The SMILES string of the molecule is O=C(Cc1cccc(F)c1F)N1CC[C@H](O)[C@@](CO)(Cc2ccc(F)cc2)C1. The van der Waals surface area contributed by atoms with Crippen LogP contribution in [0.25, 0.3) is 0 Å². The molecule has 1 fully saturated rings. The second-order valence-corrected chi connectivity index (χ2v) is 7.33. The Balaban J connectivity index is 1.77. The van der Waals surface area contributed by atoms with E-state index >= 15 is 0 Å². The van der Waals surface area contributed by atoms with Gasteiger partial charge in [0, 0.05) is 24.1 Å². The molecule has 150 valence electrons. The lowest BCUT2D eigenvalue weighted by molar-refractivity contribution is -0.141. The Kier molecular flexibility index (Phi) is 6.05. The van der Waals surface area contributed by atoms with Crippen LogP contribution in [-0.4, -0.2) is 46.8 Å². The summed E-state index contributed by atoms with van der Waals surface area (Å²) in [7, 11) is 0. The fraction of sp³-hybridized carbons (Fsp3) is 0.381. The minimum absolute atomic E-state index is 0.0377. The quantitative estimate of drug-likeness (QED) is 0.821. The van der Waals surface area contributed by atoms with Crippen molar-refractivity contribution >= 4 is 5.91 Å². The van der Waals surface area contributed by atoms with Crippen LogP contribution in [0, 0.1) is 22.9 Å². The highest BCUT2D eigenvalue weighted by molar-refractivity contribution is 5.79. The van der Waals surface area contributed by atoms with E-state index in [1.54, 1.807) is 12.1 Å². The Morgan fingerprint density at radius 2 is 1.86 bits per heavy atom. The van der Waals surface area contributed by atoms with Crippen LogP contribution in [0.3, 0.4) is 0 Å². The van der Waals surface area contributed by atoms with E-state index in [1.165, 1.54) is 29.2 Å². The van der Waals surface area contributed by atoms with Crippen molar-refractivity contribution in [1.29, 1.82) is 0 Å². The number of aliphatic hydroxyl groups is 2. The molecule has 1 heterocycles. The van der Waals surface area contributed by atoms with Crippen molar-refractivity contribution in [1.82, 2.24) is 4.90 Å². The number of nitrogens with zero attached hydrogens (tertiary/aromatic N) is 1. The molecule has 1 aliphatic rings. The largest absolute Gasteiger partial charge is 0.396 e. The highest BCUT2D eigenvalue weighted by Gasteiger charge is 2.43. The van der Waals surface area contributed by atoms with Crippen molar-refractivity contribution in [2.45, 2.75) is 25.4 Å². The standard InChI is InChI=1S/C21H22F3NO3/c22-16-6-4-14(5-7-16)11-21(13-26)12-25(9-8-18(21)27)19(28)10-15-2-1-3-17(23)20(15)24/h1-7,18,26-27H,8-13H2/t18-,21-/m0/s1. The van der Waals surface area contributed by atoms with Crippen molar-refractivity contribution in [3.63, 3.8) is 0 Å². The molecule has 0 radical (unpaired) electrons. The average Bonchev–Trinajstić information content (AvgIpc) is 2.69. The molecule has 2 aromatic carbocycles. The molecular weight excluding hydrogens is 371 g/mol. The molecule has 0 aromatic heterocycles. The molecule has 2 aromatic rings. The molecule has 0 bridgehead atoms. The van der Waals surface area contributed by atoms with E-state index in [0.29, 0.717) is 0 Å². The van der Waals surface area contributed by atoms with Crippen LogP contribution in [0.4, 0.5) is 13.2 Å². The predicted molar refractivity (Wildman–Crippen MR) is 96.9 cm³/mol. The van der Waals surface area contributed by atoms with Gasteiger partial charge < -0.3 is 15.1 Å². The maximum atomic E-state index is 13.9. The molecule has 2 atom stereocenters. The normalized spacial score (nSPS) is 22.3.